The molecular weight excluding hydrogens is 200 g/mol. The van der Waals surface area contributed by atoms with Crippen molar-refractivity contribution in [3.05, 3.63) is 23.5 Å². The number of ether oxygens (including phenoxy) is 1. The van der Waals surface area contributed by atoms with E-state index in [0.29, 0.717) is 6.04 Å². The maximum atomic E-state index is 5.79. The van der Waals surface area contributed by atoms with Crippen molar-refractivity contribution in [2.24, 2.45) is 0 Å². The lowest BCUT2D eigenvalue weighted by atomic mass is 10.2. The summed E-state index contributed by atoms with van der Waals surface area (Å²) in [6, 6.07) is 2.64. The highest BCUT2D eigenvalue weighted by molar-refractivity contribution is 5.27. The molecule has 0 spiro atoms. The molecule has 0 radical (unpaired) electrons. The summed E-state index contributed by atoms with van der Waals surface area (Å²) in [5, 5.41) is 0. The van der Waals surface area contributed by atoms with Gasteiger partial charge < -0.3 is 9.64 Å². The minimum Gasteiger partial charge on any atom is -0.490 e. The van der Waals surface area contributed by atoms with Crippen LogP contribution in [0, 0.1) is 13.8 Å². The number of likely N-dealkylation sites (tertiary alicyclic amines) is 1. The predicted octanol–water partition coefficient (Wildman–Crippen LogP) is 2.17. The van der Waals surface area contributed by atoms with Gasteiger partial charge in [-0.1, -0.05) is 0 Å². The molecule has 88 valence electrons. The number of aromatic nitrogens is 1. The highest BCUT2D eigenvalue weighted by Gasteiger charge is 2.21. The number of hydrogen-bond acceptors (Lipinski definition) is 3. The molecule has 0 bridgehead atoms. The number of aryl methyl sites for hydroxylation is 2. The van der Waals surface area contributed by atoms with E-state index in [1.165, 1.54) is 24.9 Å². The second-order valence-electron chi connectivity index (χ2n) is 4.66. The summed E-state index contributed by atoms with van der Waals surface area (Å²) in [7, 11) is 2.17. The molecule has 1 aliphatic heterocycles. The zero-order valence-corrected chi connectivity index (χ0v) is 10.4. The van der Waals surface area contributed by atoms with E-state index < -0.39 is 0 Å². The molecule has 1 fully saturated rings. The maximum absolute atomic E-state index is 5.79. The Morgan fingerprint density at radius 2 is 2.31 bits per heavy atom. The van der Waals surface area contributed by atoms with Crippen LogP contribution in [0.15, 0.2) is 12.3 Å². The molecule has 1 aliphatic rings. The van der Waals surface area contributed by atoms with Crippen LogP contribution in [-0.4, -0.2) is 36.1 Å². The van der Waals surface area contributed by atoms with Gasteiger partial charge in [-0.2, -0.15) is 0 Å². The van der Waals surface area contributed by atoms with Crippen LogP contribution in [0.3, 0.4) is 0 Å². The van der Waals surface area contributed by atoms with Crippen LogP contribution in [-0.2, 0) is 0 Å². The van der Waals surface area contributed by atoms with Gasteiger partial charge in [0.25, 0.3) is 0 Å². The third kappa shape index (κ3) is 2.53. The van der Waals surface area contributed by atoms with E-state index >= 15 is 0 Å². The van der Waals surface area contributed by atoms with Crippen molar-refractivity contribution in [1.29, 1.82) is 0 Å². The van der Waals surface area contributed by atoms with E-state index in [9.17, 15) is 0 Å². The lowest BCUT2D eigenvalue weighted by Gasteiger charge is -2.19. The zero-order valence-electron chi connectivity index (χ0n) is 10.4. The van der Waals surface area contributed by atoms with E-state index in [4.69, 9.17) is 4.74 Å². The summed E-state index contributed by atoms with van der Waals surface area (Å²) in [5.41, 5.74) is 2.27. The van der Waals surface area contributed by atoms with Crippen molar-refractivity contribution < 1.29 is 4.74 Å². The summed E-state index contributed by atoms with van der Waals surface area (Å²) in [5.74, 6) is 0.892. The monoisotopic (exact) mass is 220 g/mol. The molecule has 3 nitrogen and oxygen atoms in total. The zero-order chi connectivity index (χ0) is 11.5. The second-order valence-corrected chi connectivity index (χ2v) is 4.66. The van der Waals surface area contributed by atoms with Crippen molar-refractivity contribution in [2.75, 3.05) is 20.2 Å². The Labute approximate surface area is 97.4 Å². The van der Waals surface area contributed by atoms with Crippen molar-refractivity contribution in [3.8, 4) is 5.75 Å². The molecule has 0 aromatic carbocycles. The SMILES string of the molecule is Cc1cc(OC[C@H]2CCCN2C)cnc1C. The molecule has 0 saturated carbocycles. The maximum Gasteiger partial charge on any atom is 0.137 e. The number of rotatable bonds is 3. The first kappa shape index (κ1) is 11.4. The first-order valence-corrected chi connectivity index (χ1v) is 5.93. The topological polar surface area (TPSA) is 25.4 Å². The van der Waals surface area contributed by atoms with E-state index in [1.54, 1.807) is 0 Å². The van der Waals surface area contributed by atoms with Crippen LogP contribution in [0.25, 0.3) is 0 Å². The van der Waals surface area contributed by atoms with E-state index in [0.717, 1.165) is 18.1 Å². The van der Waals surface area contributed by atoms with Gasteiger partial charge >= 0.3 is 0 Å². The molecule has 0 N–H and O–H groups in total. The first-order chi connectivity index (χ1) is 7.66. The van der Waals surface area contributed by atoms with Gasteiger partial charge in [0.05, 0.1) is 6.20 Å². The molecular formula is C13H20N2O. The van der Waals surface area contributed by atoms with E-state index in [1.807, 2.05) is 13.1 Å². The largest absolute Gasteiger partial charge is 0.490 e. The fraction of sp³-hybridized carbons (Fsp3) is 0.615. The molecule has 3 heteroatoms. The van der Waals surface area contributed by atoms with Crippen LogP contribution in [0.1, 0.15) is 24.1 Å². The average Bonchev–Trinajstić information content (AvgIpc) is 2.66. The number of hydrogen-bond donors (Lipinski definition) is 0. The van der Waals surface area contributed by atoms with Gasteiger partial charge in [0.2, 0.25) is 0 Å². The molecule has 1 aromatic heterocycles. The van der Waals surface area contributed by atoms with Crippen molar-refractivity contribution >= 4 is 0 Å². The van der Waals surface area contributed by atoms with Crippen molar-refractivity contribution in [1.82, 2.24) is 9.88 Å². The lowest BCUT2D eigenvalue weighted by Crippen LogP contribution is -2.30. The number of nitrogens with zero attached hydrogens (tertiary/aromatic N) is 2. The van der Waals surface area contributed by atoms with Crippen molar-refractivity contribution in [3.63, 3.8) is 0 Å². The van der Waals surface area contributed by atoms with Crippen LogP contribution in [0.4, 0.5) is 0 Å². The van der Waals surface area contributed by atoms with E-state index in [2.05, 4.69) is 29.9 Å². The Morgan fingerprint density at radius 1 is 1.50 bits per heavy atom. The summed E-state index contributed by atoms with van der Waals surface area (Å²) >= 11 is 0. The number of likely N-dealkylation sites (N-methyl/N-ethyl adjacent to an activating group) is 1. The molecule has 1 aromatic rings. The van der Waals surface area contributed by atoms with Crippen LogP contribution in [0.2, 0.25) is 0 Å². The van der Waals surface area contributed by atoms with Crippen LogP contribution >= 0.6 is 0 Å². The number of pyridine rings is 1. The minimum absolute atomic E-state index is 0.571. The van der Waals surface area contributed by atoms with Crippen LogP contribution in [0.5, 0.6) is 5.75 Å². The lowest BCUT2D eigenvalue weighted by molar-refractivity contribution is 0.197. The molecule has 0 aliphatic carbocycles. The van der Waals surface area contributed by atoms with Gasteiger partial charge in [-0.25, -0.2) is 0 Å². The highest BCUT2D eigenvalue weighted by Crippen LogP contribution is 2.18. The molecule has 2 rings (SSSR count). The molecule has 2 heterocycles. The van der Waals surface area contributed by atoms with Gasteiger partial charge in [-0.15, -0.1) is 0 Å². The van der Waals surface area contributed by atoms with Gasteiger partial charge in [0.1, 0.15) is 12.4 Å². The minimum atomic E-state index is 0.571. The fourth-order valence-electron chi connectivity index (χ4n) is 2.08. The van der Waals surface area contributed by atoms with Crippen LogP contribution < -0.4 is 4.74 Å². The van der Waals surface area contributed by atoms with Crippen molar-refractivity contribution in [2.45, 2.75) is 32.7 Å². The summed E-state index contributed by atoms with van der Waals surface area (Å²) in [4.78, 5) is 6.67. The molecule has 16 heavy (non-hydrogen) atoms. The van der Waals surface area contributed by atoms with Gasteiger partial charge in [0.15, 0.2) is 0 Å². The summed E-state index contributed by atoms with van der Waals surface area (Å²) in [6.45, 7) is 6.06. The summed E-state index contributed by atoms with van der Waals surface area (Å²) < 4.78 is 5.79. The first-order valence-electron chi connectivity index (χ1n) is 5.93. The highest BCUT2D eigenvalue weighted by atomic mass is 16.5. The van der Waals surface area contributed by atoms with E-state index in [-0.39, 0.29) is 0 Å². The average molecular weight is 220 g/mol. The Bertz CT molecular complexity index is 365. The predicted molar refractivity (Wildman–Crippen MR) is 64.9 cm³/mol. The Hall–Kier alpha value is -1.09. The molecule has 1 atom stereocenters. The summed E-state index contributed by atoms with van der Waals surface area (Å²) in [6.07, 6.45) is 4.35. The van der Waals surface area contributed by atoms with Gasteiger partial charge in [0, 0.05) is 11.7 Å². The molecule has 1 saturated heterocycles. The Kier molecular flexibility index (Phi) is 3.44. The smallest absolute Gasteiger partial charge is 0.137 e. The Morgan fingerprint density at radius 3 is 2.94 bits per heavy atom. The quantitative estimate of drug-likeness (QED) is 0.780. The Balaban J connectivity index is 1.91. The standard InChI is InChI=1S/C13H20N2O/c1-10-7-13(8-14-11(10)2)16-9-12-5-4-6-15(12)3/h7-8,12H,4-6,9H2,1-3H3/t12-/m1/s1. The normalized spacial score (nSPS) is 21.3. The molecule has 0 unspecified atom stereocenters. The van der Waals surface area contributed by atoms with Gasteiger partial charge in [-0.3, -0.25) is 4.98 Å². The molecule has 0 amide bonds. The fourth-order valence-corrected chi connectivity index (χ4v) is 2.08. The second kappa shape index (κ2) is 4.83. The third-order valence-corrected chi connectivity index (χ3v) is 3.43. The van der Waals surface area contributed by atoms with Gasteiger partial charge in [-0.05, 0) is 51.9 Å². The third-order valence-electron chi connectivity index (χ3n) is 3.43.